The number of ketones is 1. The van der Waals surface area contributed by atoms with Crippen LogP contribution in [-0.2, 0) is 0 Å². The first-order valence-electron chi connectivity index (χ1n) is 8.29. The SMILES string of the molecule is COc1ccc(C(=O)c2ncc(C#N)c3cc(OC)c(OC)cc23)cc1OC. The van der Waals surface area contributed by atoms with Gasteiger partial charge in [-0.1, -0.05) is 0 Å². The number of carbonyl (C=O) groups is 1. The summed E-state index contributed by atoms with van der Waals surface area (Å²) in [4.78, 5) is 17.4. The van der Waals surface area contributed by atoms with Crippen LogP contribution < -0.4 is 18.9 Å². The molecule has 3 aromatic rings. The van der Waals surface area contributed by atoms with Crippen molar-refractivity contribution in [2.45, 2.75) is 0 Å². The molecule has 0 unspecified atom stereocenters. The minimum atomic E-state index is -0.317. The third-order valence-electron chi connectivity index (χ3n) is 4.37. The maximum atomic E-state index is 13.2. The van der Waals surface area contributed by atoms with Crippen LogP contribution in [0.3, 0.4) is 0 Å². The van der Waals surface area contributed by atoms with Crippen LogP contribution in [-0.4, -0.2) is 39.2 Å². The monoisotopic (exact) mass is 378 g/mol. The third-order valence-corrected chi connectivity index (χ3v) is 4.37. The molecule has 0 radical (unpaired) electrons. The number of fused-ring (bicyclic) bond motifs is 1. The highest BCUT2D eigenvalue weighted by Gasteiger charge is 2.20. The van der Waals surface area contributed by atoms with E-state index >= 15 is 0 Å². The van der Waals surface area contributed by atoms with Gasteiger partial charge in [0.25, 0.3) is 0 Å². The topological polar surface area (TPSA) is 90.7 Å². The lowest BCUT2D eigenvalue weighted by Gasteiger charge is -2.13. The van der Waals surface area contributed by atoms with Gasteiger partial charge in [-0.25, -0.2) is 0 Å². The molecule has 1 heterocycles. The van der Waals surface area contributed by atoms with E-state index in [2.05, 4.69) is 11.1 Å². The van der Waals surface area contributed by atoms with Crippen molar-refractivity contribution >= 4 is 16.6 Å². The molecule has 0 spiro atoms. The van der Waals surface area contributed by atoms with Crippen LogP contribution in [0, 0.1) is 11.3 Å². The molecule has 0 bridgehead atoms. The molecule has 0 aliphatic carbocycles. The summed E-state index contributed by atoms with van der Waals surface area (Å²) in [5, 5.41) is 10.5. The Balaban J connectivity index is 2.23. The van der Waals surface area contributed by atoms with E-state index in [0.29, 0.717) is 44.9 Å². The summed E-state index contributed by atoms with van der Waals surface area (Å²) in [5.41, 5.74) is 0.910. The van der Waals surface area contributed by atoms with Crippen LogP contribution in [0.15, 0.2) is 36.5 Å². The highest BCUT2D eigenvalue weighted by atomic mass is 16.5. The molecule has 3 rings (SSSR count). The molecule has 0 N–H and O–H groups in total. The first-order chi connectivity index (χ1) is 13.6. The van der Waals surface area contributed by atoms with Gasteiger partial charge in [-0.15, -0.1) is 0 Å². The van der Waals surface area contributed by atoms with Crippen LogP contribution in [0.4, 0.5) is 0 Å². The Morgan fingerprint density at radius 2 is 1.43 bits per heavy atom. The summed E-state index contributed by atoms with van der Waals surface area (Å²) in [7, 11) is 6.03. The van der Waals surface area contributed by atoms with Gasteiger partial charge in [0, 0.05) is 22.5 Å². The van der Waals surface area contributed by atoms with Crippen LogP contribution in [0.1, 0.15) is 21.6 Å². The first-order valence-corrected chi connectivity index (χ1v) is 8.29. The molecule has 2 aromatic carbocycles. The van der Waals surface area contributed by atoms with E-state index in [0.717, 1.165) is 0 Å². The minimum absolute atomic E-state index is 0.196. The first kappa shape index (κ1) is 19.0. The van der Waals surface area contributed by atoms with E-state index in [9.17, 15) is 10.1 Å². The number of pyridine rings is 1. The highest BCUT2D eigenvalue weighted by Crippen LogP contribution is 2.35. The van der Waals surface area contributed by atoms with Gasteiger partial charge < -0.3 is 18.9 Å². The predicted octanol–water partition coefficient (Wildman–Crippen LogP) is 3.37. The fraction of sp³-hybridized carbons (Fsp3) is 0.190. The zero-order chi connectivity index (χ0) is 20.3. The Kier molecular flexibility index (Phi) is 5.32. The molecule has 0 fully saturated rings. The number of ether oxygens (including phenoxy) is 4. The molecule has 7 nitrogen and oxygen atoms in total. The molecule has 1 aromatic heterocycles. The number of hydrogen-bond donors (Lipinski definition) is 0. The van der Waals surface area contributed by atoms with E-state index in [1.54, 1.807) is 30.3 Å². The van der Waals surface area contributed by atoms with Crippen LogP contribution in [0.2, 0.25) is 0 Å². The van der Waals surface area contributed by atoms with E-state index in [1.807, 2.05) is 0 Å². The summed E-state index contributed by atoms with van der Waals surface area (Å²) in [6.45, 7) is 0. The molecular weight excluding hydrogens is 360 g/mol. The Bertz CT molecular complexity index is 1100. The summed E-state index contributed by atoms with van der Waals surface area (Å²) >= 11 is 0. The zero-order valence-electron chi connectivity index (χ0n) is 15.9. The third kappa shape index (κ3) is 3.16. The molecular formula is C21H18N2O5. The Morgan fingerprint density at radius 3 is 2.00 bits per heavy atom. The van der Waals surface area contributed by atoms with Gasteiger partial charge in [-0.05, 0) is 30.3 Å². The number of nitriles is 1. The van der Waals surface area contributed by atoms with Gasteiger partial charge in [0.1, 0.15) is 11.8 Å². The van der Waals surface area contributed by atoms with Crippen LogP contribution in [0.25, 0.3) is 10.8 Å². The van der Waals surface area contributed by atoms with E-state index in [-0.39, 0.29) is 11.5 Å². The number of nitrogens with zero attached hydrogens (tertiary/aromatic N) is 2. The zero-order valence-corrected chi connectivity index (χ0v) is 15.9. The average Bonchev–Trinajstić information content (AvgIpc) is 2.76. The van der Waals surface area contributed by atoms with Crippen molar-refractivity contribution in [3.63, 3.8) is 0 Å². The van der Waals surface area contributed by atoms with Crippen LogP contribution in [0.5, 0.6) is 23.0 Å². The van der Waals surface area contributed by atoms with Gasteiger partial charge in [0.2, 0.25) is 5.78 Å². The molecule has 0 aliphatic heterocycles. The molecule has 7 heteroatoms. The average molecular weight is 378 g/mol. The highest BCUT2D eigenvalue weighted by molar-refractivity contribution is 6.16. The molecule has 0 aliphatic rings. The molecule has 142 valence electrons. The van der Waals surface area contributed by atoms with Gasteiger partial charge in [0.05, 0.1) is 34.0 Å². The Hall–Kier alpha value is -3.79. The van der Waals surface area contributed by atoms with Crippen molar-refractivity contribution in [1.29, 1.82) is 5.26 Å². The maximum absolute atomic E-state index is 13.2. The van der Waals surface area contributed by atoms with E-state index in [1.165, 1.54) is 34.6 Å². The van der Waals surface area contributed by atoms with Crippen molar-refractivity contribution in [1.82, 2.24) is 4.98 Å². The van der Waals surface area contributed by atoms with Crippen LogP contribution >= 0.6 is 0 Å². The second-order valence-corrected chi connectivity index (χ2v) is 5.78. The van der Waals surface area contributed by atoms with E-state index in [4.69, 9.17) is 18.9 Å². The summed E-state index contributed by atoms with van der Waals surface area (Å²) < 4.78 is 21.1. The van der Waals surface area contributed by atoms with Crippen molar-refractivity contribution in [3.8, 4) is 29.1 Å². The number of hydrogen-bond acceptors (Lipinski definition) is 7. The number of rotatable bonds is 6. The number of carbonyl (C=O) groups excluding carboxylic acids is 1. The number of aromatic nitrogens is 1. The second kappa shape index (κ2) is 7.84. The largest absolute Gasteiger partial charge is 0.493 e. The lowest BCUT2D eigenvalue weighted by molar-refractivity contribution is 0.103. The van der Waals surface area contributed by atoms with Gasteiger partial charge in [-0.2, -0.15) is 5.26 Å². The Morgan fingerprint density at radius 1 is 0.857 bits per heavy atom. The molecule has 0 amide bonds. The predicted molar refractivity (Wildman–Crippen MR) is 103 cm³/mol. The summed E-state index contributed by atoms with van der Waals surface area (Å²) in [6.07, 6.45) is 1.38. The second-order valence-electron chi connectivity index (χ2n) is 5.78. The lowest BCUT2D eigenvalue weighted by Crippen LogP contribution is -2.07. The number of benzene rings is 2. The molecule has 0 atom stereocenters. The van der Waals surface area contributed by atoms with Gasteiger partial charge in [-0.3, -0.25) is 9.78 Å². The Labute approximate surface area is 162 Å². The smallest absolute Gasteiger partial charge is 0.212 e. The van der Waals surface area contributed by atoms with Crippen molar-refractivity contribution < 1.29 is 23.7 Å². The van der Waals surface area contributed by atoms with Crippen molar-refractivity contribution in [3.05, 3.63) is 53.3 Å². The minimum Gasteiger partial charge on any atom is -0.493 e. The van der Waals surface area contributed by atoms with Gasteiger partial charge >= 0.3 is 0 Å². The fourth-order valence-corrected chi connectivity index (χ4v) is 2.95. The van der Waals surface area contributed by atoms with E-state index < -0.39 is 0 Å². The normalized spacial score (nSPS) is 10.2. The lowest BCUT2D eigenvalue weighted by atomic mass is 9.99. The maximum Gasteiger partial charge on any atom is 0.212 e. The summed E-state index contributed by atoms with van der Waals surface area (Å²) in [6, 6.07) is 10.3. The summed E-state index contributed by atoms with van der Waals surface area (Å²) in [5.74, 6) is 1.53. The molecule has 0 saturated heterocycles. The quantitative estimate of drug-likeness (QED) is 0.607. The molecule has 28 heavy (non-hydrogen) atoms. The number of methoxy groups -OCH3 is 4. The van der Waals surface area contributed by atoms with Crippen molar-refractivity contribution in [2.75, 3.05) is 28.4 Å². The van der Waals surface area contributed by atoms with Crippen molar-refractivity contribution in [2.24, 2.45) is 0 Å². The van der Waals surface area contributed by atoms with Gasteiger partial charge in [0.15, 0.2) is 23.0 Å². The standard InChI is InChI=1S/C21H18N2O5/c1-25-16-6-5-12(7-17(16)26-2)21(24)20-15-9-19(28-4)18(27-3)8-14(15)13(10-22)11-23-20/h5-9,11H,1-4H3. The fourth-order valence-electron chi connectivity index (χ4n) is 2.95. The molecule has 0 saturated carbocycles.